The second kappa shape index (κ2) is 13.0. The summed E-state index contributed by atoms with van der Waals surface area (Å²) in [7, 11) is 2.67. The van der Waals surface area contributed by atoms with Crippen LogP contribution in [0.5, 0.6) is 5.75 Å². The summed E-state index contributed by atoms with van der Waals surface area (Å²) in [5.41, 5.74) is 1.12. The SMILES string of the molecule is COC(=O)C1O[C@H](OCc2ccc(OC)cc2)[C@@H](OC(=O)c2ccccc2)[C@@H](OC(=O)c2ccccc2)C1O. The summed E-state index contributed by atoms with van der Waals surface area (Å²) in [5.74, 6) is -1.86. The van der Waals surface area contributed by atoms with Crippen molar-refractivity contribution in [3.63, 3.8) is 0 Å². The molecule has 3 aromatic carbocycles. The van der Waals surface area contributed by atoms with Crippen LogP contribution in [-0.4, -0.2) is 67.9 Å². The van der Waals surface area contributed by atoms with E-state index in [1.807, 2.05) is 0 Å². The predicted molar refractivity (Wildman–Crippen MR) is 136 cm³/mol. The largest absolute Gasteiger partial charge is 0.497 e. The number of rotatable bonds is 9. The zero-order valence-electron chi connectivity index (χ0n) is 21.3. The van der Waals surface area contributed by atoms with Gasteiger partial charge in [-0.05, 0) is 42.0 Å². The van der Waals surface area contributed by atoms with Gasteiger partial charge in [0.25, 0.3) is 0 Å². The van der Waals surface area contributed by atoms with E-state index in [0.29, 0.717) is 11.3 Å². The molecule has 3 aromatic rings. The Kier molecular flexibility index (Phi) is 9.27. The maximum absolute atomic E-state index is 13.0. The second-order valence-electron chi connectivity index (χ2n) is 8.57. The first-order valence-corrected chi connectivity index (χ1v) is 12.1. The normalized spacial score (nSPS) is 22.4. The summed E-state index contributed by atoms with van der Waals surface area (Å²) in [6.07, 6.45) is -7.72. The fourth-order valence-electron chi connectivity index (χ4n) is 3.96. The van der Waals surface area contributed by atoms with Crippen LogP contribution in [-0.2, 0) is 35.1 Å². The quantitative estimate of drug-likeness (QED) is 0.322. The molecule has 1 N–H and O–H groups in total. The Morgan fingerprint density at radius 3 is 1.82 bits per heavy atom. The van der Waals surface area contributed by atoms with Crippen molar-refractivity contribution in [2.24, 2.45) is 0 Å². The minimum Gasteiger partial charge on any atom is -0.497 e. The van der Waals surface area contributed by atoms with Crippen LogP contribution < -0.4 is 4.74 Å². The van der Waals surface area contributed by atoms with Gasteiger partial charge in [0.05, 0.1) is 32.0 Å². The van der Waals surface area contributed by atoms with Gasteiger partial charge in [-0.3, -0.25) is 0 Å². The van der Waals surface area contributed by atoms with Crippen molar-refractivity contribution in [1.82, 2.24) is 0 Å². The zero-order valence-corrected chi connectivity index (χ0v) is 21.3. The second-order valence-corrected chi connectivity index (χ2v) is 8.57. The topological polar surface area (TPSA) is 127 Å². The predicted octanol–water partition coefficient (Wildman–Crippen LogP) is 2.92. The lowest BCUT2D eigenvalue weighted by Gasteiger charge is -2.42. The molecule has 0 spiro atoms. The van der Waals surface area contributed by atoms with E-state index in [4.69, 9.17) is 28.4 Å². The summed E-state index contributed by atoms with van der Waals surface area (Å²) < 4.78 is 32.9. The Bertz CT molecular complexity index is 1250. The molecule has 2 unspecified atom stereocenters. The van der Waals surface area contributed by atoms with Gasteiger partial charge in [-0.25, -0.2) is 14.4 Å². The fourth-order valence-corrected chi connectivity index (χ4v) is 3.96. The third-order valence-electron chi connectivity index (χ3n) is 6.03. The van der Waals surface area contributed by atoms with Gasteiger partial charge in [0, 0.05) is 0 Å². The molecule has 10 heteroatoms. The number of carbonyl (C=O) groups is 3. The highest BCUT2D eigenvalue weighted by molar-refractivity contribution is 5.90. The average Bonchev–Trinajstić information content (AvgIpc) is 2.99. The molecule has 0 radical (unpaired) electrons. The van der Waals surface area contributed by atoms with Crippen molar-refractivity contribution >= 4 is 17.9 Å². The maximum atomic E-state index is 13.0. The molecule has 1 aliphatic heterocycles. The van der Waals surface area contributed by atoms with E-state index >= 15 is 0 Å². The van der Waals surface area contributed by atoms with E-state index in [-0.39, 0.29) is 17.7 Å². The Balaban J connectivity index is 1.65. The number of aliphatic hydroxyl groups excluding tert-OH is 1. The molecule has 0 aromatic heterocycles. The van der Waals surface area contributed by atoms with Crippen molar-refractivity contribution in [2.45, 2.75) is 37.3 Å². The van der Waals surface area contributed by atoms with Gasteiger partial charge in [0.15, 0.2) is 24.6 Å². The van der Waals surface area contributed by atoms with E-state index in [2.05, 4.69) is 0 Å². The van der Waals surface area contributed by atoms with E-state index in [1.54, 1.807) is 67.8 Å². The van der Waals surface area contributed by atoms with Gasteiger partial charge >= 0.3 is 17.9 Å². The molecule has 0 saturated carbocycles. The summed E-state index contributed by atoms with van der Waals surface area (Å²) >= 11 is 0. The first kappa shape index (κ1) is 27.8. The Labute approximate surface area is 225 Å². The highest BCUT2D eigenvalue weighted by Crippen LogP contribution is 2.30. The van der Waals surface area contributed by atoms with Gasteiger partial charge in [0.1, 0.15) is 11.9 Å². The number of benzene rings is 3. The zero-order chi connectivity index (χ0) is 27.8. The average molecular weight is 537 g/mol. The molecule has 204 valence electrons. The van der Waals surface area contributed by atoms with E-state index in [9.17, 15) is 19.5 Å². The van der Waals surface area contributed by atoms with Crippen LogP contribution >= 0.6 is 0 Å². The van der Waals surface area contributed by atoms with Crippen LogP contribution in [0.2, 0.25) is 0 Å². The highest BCUT2D eigenvalue weighted by Gasteiger charge is 2.53. The smallest absolute Gasteiger partial charge is 0.338 e. The molecular weight excluding hydrogens is 508 g/mol. The fraction of sp³-hybridized carbons (Fsp3) is 0.276. The van der Waals surface area contributed by atoms with Crippen molar-refractivity contribution in [3.8, 4) is 5.75 Å². The highest BCUT2D eigenvalue weighted by atomic mass is 16.7. The summed E-state index contributed by atoms with van der Waals surface area (Å²) in [6.45, 7) is -0.0304. The summed E-state index contributed by atoms with van der Waals surface area (Å²) in [5, 5.41) is 11.1. The molecule has 4 rings (SSSR count). The monoisotopic (exact) mass is 536 g/mol. The van der Waals surface area contributed by atoms with Crippen molar-refractivity contribution in [3.05, 3.63) is 102 Å². The van der Waals surface area contributed by atoms with E-state index < -0.39 is 48.6 Å². The van der Waals surface area contributed by atoms with Crippen LogP contribution in [0.3, 0.4) is 0 Å². The molecule has 39 heavy (non-hydrogen) atoms. The minimum atomic E-state index is -1.74. The van der Waals surface area contributed by atoms with Crippen LogP contribution in [0, 0.1) is 0 Å². The molecule has 1 saturated heterocycles. The number of hydrogen-bond donors (Lipinski definition) is 1. The van der Waals surface area contributed by atoms with E-state index in [0.717, 1.165) is 7.11 Å². The van der Waals surface area contributed by atoms with Gasteiger partial charge in [0.2, 0.25) is 0 Å². The first-order valence-electron chi connectivity index (χ1n) is 12.1. The van der Waals surface area contributed by atoms with Gasteiger partial charge in [-0.1, -0.05) is 48.5 Å². The van der Waals surface area contributed by atoms with Crippen molar-refractivity contribution < 1.29 is 47.9 Å². The van der Waals surface area contributed by atoms with Gasteiger partial charge in [-0.15, -0.1) is 0 Å². The first-order chi connectivity index (χ1) is 18.9. The number of carbonyl (C=O) groups excluding carboxylic acids is 3. The standard InChI is InChI=1S/C29H28O10/c1-34-21-15-13-18(14-16-21)17-36-29-25(38-27(32)20-11-7-4-8-12-20)23(22(30)24(39-29)28(33)35-2)37-26(31)19-9-5-3-6-10-19/h3-16,22-25,29-30H,17H2,1-2H3/t22?,23-,24?,25-,29-/m0/s1. The van der Waals surface area contributed by atoms with Crippen LogP contribution in [0.15, 0.2) is 84.9 Å². The number of ether oxygens (including phenoxy) is 6. The molecule has 1 fully saturated rings. The minimum absolute atomic E-state index is 0.0304. The molecule has 0 bridgehead atoms. The lowest BCUT2D eigenvalue weighted by atomic mass is 9.98. The number of hydrogen-bond acceptors (Lipinski definition) is 10. The molecule has 0 aliphatic carbocycles. The number of esters is 3. The lowest BCUT2D eigenvalue weighted by Crippen LogP contribution is -2.62. The van der Waals surface area contributed by atoms with Crippen LogP contribution in [0.1, 0.15) is 26.3 Å². The Morgan fingerprint density at radius 2 is 1.31 bits per heavy atom. The molecular formula is C29H28O10. The van der Waals surface area contributed by atoms with E-state index in [1.165, 1.54) is 24.3 Å². The van der Waals surface area contributed by atoms with Gasteiger partial charge < -0.3 is 33.5 Å². The molecule has 10 nitrogen and oxygen atoms in total. The Hall–Kier alpha value is -4.25. The molecule has 0 amide bonds. The molecule has 1 aliphatic rings. The van der Waals surface area contributed by atoms with Gasteiger partial charge in [-0.2, -0.15) is 0 Å². The number of aliphatic hydroxyl groups is 1. The van der Waals surface area contributed by atoms with Crippen molar-refractivity contribution in [2.75, 3.05) is 14.2 Å². The third kappa shape index (κ3) is 6.80. The summed E-state index contributed by atoms with van der Waals surface area (Å²) in [4.78, 5) is 38.5. The molecule has 1 heterocycles. The Morgan fingerprint density at radius 1 is 0.769 bits per heavy atom. The summed E-state index contributed by atoms with van der Waals surface area (Å²) in [6, 6.07) is 23.1. The van der Waals surface area contributed by atoms with Crippen LogP contribution in [0.25, 0.3) is 0 Å². The maximum Gasteiger partial charge on any atom is 0.338 e. The molecule has 5 atom stereocenters. The number of methoxy groups -OCH3 is 2. The van der Waals surface area contributed by atoms with Crippen LogP contribution in [0.4, 0.5) is 0 Å². The third-order valence-corrected chi connectivity index (χ3v) is 6.03. The van der Waals surface area contributed by atoms with Crippen molar-refractivity contribution in [1.29, 1.82) is 0 Å². The lowest BCUT2D eigenvalue weighted by molar-refractivity contribution is -0.296.